The lowest BCUT2D eigenvalue weighted by atomic mass is 9.84. The van der Waals surface area contributed by atoms with Crippen LogP contribution in [0.2, 0.25) is 0 Å². The van der Waals surface area contributed by atoms with Gasteiger partial charge in [0.05, 0.1) is 0 Å². The molecule has 23 heavy (non-hydrogen) atoms. The molecule has 0 radical (unpaired) electrons. The average molecular weight is 310 g/mol. The van der Waals surface area contributed by atoms with Crippen molar-refractivity contribution >= 4 is 0 Å². The molecule has 0 aliphatic heterocycles. The summed E-state index contributed by atoms with van der Waals surface area (Å²) in [6, 6.07) is 12.2. The van der Waals surface area contributed by atoms with Gasteiger partial charge in [-0.25, -0.2) is 4.39 Å². The van der Waals surface area contributed by atoms with Crippen molar-refractivity contribution in [3.63, 3.8) is 0 Å². The molecule has 0 N–H and O–H groups in total. The summed E-state index contributed by atoms with van der Waals surface area (Å²) < 4.78 is 14.2. The van der Waals surface area contributed by atoms with Gasteiger partial charge in [-0.1, -0.05) is 51.1 Å². The van der Waals surface area contributed by atoms with Gasteiger partial charge in [-0.15, -0.1) is 0 Å². The number of rotatable bonds is 4. The quantitative estimate of drug-likeness (QED) is 0.606. The second-order valence-corrected chi connectivity index (χ2v) is 7.41. The number of hydrogen-bond acceptors (Lipinski definition) is 0. The van der Waals surface area contributed by atoms with Gasteiger partial charge in [0.25, 0.3) is 0 Å². The summed E-state index contributed by atoms with van der Waals surface area (Å²) in [6.07, 6.45) is 3.42. The standard InChI is InChI=1S/C22H27F/c1-14(2)18-8-6-9-19-17(11-12-20(18)19)13-16(4)22-15(3)7-5-10-21(22)23/h5-10,14,16-17H,11-13H2,1-4H3. The van der Waals surface area contributed by atoms with Crippen molar-refractivity contribution in [1.29, 1.82) is 0 Å². The topological polar surface area (TPSA) is 0 Å². The lowest BCUT2D eigenvalue weighted by Gasteiger charge is -2.21. The molecule has 0 amide bonds. The van der Waals surface area contributed by atoms with E-state index in [-0.39, 0.29) is 11.7 Å². The molecule has 0 aromatic heterocycles. The number of hydrogen-bond donors (Lipinski definition) is 0. The van der Waals surface area contributed by atoms with Crippen molar-refractivity contribution in [3.8, 4) is 0 Å². The van der Waals surface area contributed by atoms with Crippen molar-refractivity contribution in [1.82, 2.24) is 0 Å². The van der Waals surface area contributed by atoms with E-state index in [1.54, 1.807) is 17.7 Å². The van der Waals surface area contributed by atoms with Gasteiger partial charge in [0.2, 0.25) is 0 Å². The Morgan fingerprint density at radius 1 is 1.09 bits per heavy atom. The van der Waals surface area contributed by atoms with Crippen molar-refractivity contribution in [2.45, 2.75) is 64.7 Å². The number of benzene rings is 2. The van der Waals surface area contributed by atoms with Gasteiger partial charge < -0.3 is 0 Å². The average Bonchev–Trinajstić information content (AvgIpc) is 2.90. The predicted octanol–water partition coefficient (Wildman–Crippen LogP) is 6.48. The largest absolute Gasteiger partial charge is 0.207 e. The monoisotopic (exact) mass is 310 g/mol. The molecule has 1 aliphatic carbocycles. The maximum absolute atomic E-state index is 14.2. The van der Waals surface area contributed by atoms with E-state index in [0.717, 1.165) is 17.5 Å². The molecule has 0 fully saturated rings. The Balaban J connectivity index is 1.86. The zero-order valence-corrected chi connectivity index (χ0v) is 14.7. The fourth-order valence-corrected chi connectivity index (χ4v) is 4.37. The van der Waals surface area contributed by atoms with Crippen LogP contribution in [0.4, 0.5) is 4.39 Å². The Morgan fingerprint density at radius 2 is 1.83 bits per heavy atom. The molecular formula is C22H27F. The van der Waals surface area contributed by atoms with Crippen LogP contribution in [0.15, 0.2) is 36.4 Å². The zero-order chi connectivity index (χ0) is 16.6. The zero-order valence-electron chi connectivity index (χ0n) is 14.7. The Hall–Kier alpha value is -1.63. The highest BCUT2D eigenvalue weighted by atomic mass is 19.1. The van der Waals surface area contributed by atoms with Gasteiger partial charge in [-0.05, 0) is 77.8 Å². The third kappa shape index (κ3) is 3.06. The van der Waals surface area contributed by atoms with Gasteiger partial charge in [0.1, 0.15) is 5.82 Å². The van der Waals surface area contributed by atoms with Crippen LogP contribution in [0.5, 0.6) is 0 Å². The van der Waals surface area contributed by atoms with Crippen LogP contribution in [0, 0.1) is 12.7 Å². The first-order chi connectivity index (χ1) is 11.0. The Labute approximate surface area is 139 Å². The fourth-order valence-electron chi connectivity index (χ4n) is 4.37. The number of aryl methyl sites for hydroxylation is 1. The van der Waals surface area contributed by atoms with Crippen molar-refractivity contribution in [2.24, 2.45) is 0 Å². The first kappa shape index (κ1) is 16.2. The summed E-state index contributed by atoms with van der Waals surface area (Å²) in [4.78, 5) is 0. The first-order valence-corrected chi connectivity index (χ1v) is 8.85. The molecule has 0 nitrogen and oxygen atoms in total. The third-order valence-electron chi connectivity index (χ3n) is 5.45. The molecule has 122 valence electrons. The molecule has 1 aliphatic rings. The first-order valence-electron chi connectivity index (χ1n) is 8.85. The second-order valence-electron chi connectivity index (χ2n) is 7.41. The highest BCUT2D eigenvalue weighted by Crippen LogP contribution is 2.42. The molecule has 3 rings (SSSR count). The summed E-state index contributed by atoms with van der Waals surface area (Å²) in [6.45, 7) is 8.74. The van der Waals surface area contributed by atoms with Gasteiger partial charge in [0, 0.05) is 0 Å². The molecule has 2 aromatic rings. The van der Waals surface area contributed by atoms with Crippen LogP contribution in [0.25, 0.3) is 0 Å². The lowest BCUT2D eigenvalue weighted by molar-refractivity contribution is 0.522. The normalized spacial score (nSPS) is 18.3. The summed E-state index contributed by atoms with van der Waals surface area (Å²) in [5.41, 5.74) is 6.55. The lowest BCUT2D eigenvalue weighted by Crippen LogP contribution is -2.05. The Bertz CT molecular complexity index is 679. The van der Waals surface area contributed by atoms with Crippen molar-refractivity contribution in [2.75, 3.05) is 0 Å². The van der Waals surface area contributed by atoms with E-state index in [0.29, 0.717) is 11.8 Å². The molecule has 0 bridgehead atoms. The number of fused-ring (bicyclic) bond motifs is 1. The van der Waals surface area contributed by atoms with E-state index in [1.807, 2.05) is 13.0 Å². The van der Waals surface area contributed by atoms with Crippen LogP contribution >= 0.6 is 0 Å². The van der Waals surface area contributed by atoms with Gasteiger partial charge in [-0.3, -0.25) is 0 Å². The minimum atomic E-state index is -0.0494. The molecule has 1 heteroatoms. The van der Waals surface area contributed by atoms with Crippen LogP contribution in [-0.2, 0) is 6.42 Å². The van der Waals surface area contributed by atoms with Crippen LogP contribution in [0.3, 0.4) is 0 Å². The van der Waals surface area contributed by atoms with Crippen LogP contribution in [-0.4, -0.2) is 0 Å². The van der Waals surface area contributed by atoms with E-state index in [1.165, 1.54) is 24.0 Å². The van der Waals surface area contributed by atoms with Crippen molar-refractivity contribution in [3.05, 3.63) is 70.0 Å². The molecule has 2 aromatic carbocycles. The minimum Gasteiger partial charge on any atom is -0.207 e. The molecular weight excluding hydrogens is 283 g/mol. The maximum atomic E-state index is 14.2. The smallest absolute Gasteiger partial charge is 0.126 e. The van der Waals surface area contributed by atoms with E-state index in [9.17, 15) is 4.39 Å². The maximum Gasteiger partial charge on any atom is 0.126 e. The highest BCUT2D eigenvalue weighted by molar-refractivity contribution is 5.43. The SMILES string of the molecule is Cc1cccc(F)c1C(C)CC1CCc2c(C(C)C)cccc21. The summed E-state index contributed by atoms with van der Waals surface area (Å²) in [7, 11) is 0. The van der Waals surface area contributed by atoms with Crippen LogP contribution in [0.1, 0.15) is 79.2 Å². The van der Waals surface area contributed by atoms with E-state index in [2.05, 4.69) is 39.0 Å². The van der Waals surface area contributed by atoms with E-state index >= 15 is 0 Å². The molecule has 0 saturated heterocycles. The molecule has 0 spiro atoms. The minimum absolute atomic E-state index is 0.0494. The fraction of sp³-hybridized carbons (Fsp3) is 0.455. The predicted molar refractivity (Wildman–Crippen MR) is 95.8 cm³/mol. The second kappa shape index (κ2) is 6.47. The summed E-state index contributed by atoms with van der Waals surface area (Å²) in [5, 5.41) is 0. The molecule has 2 unspecified atom stereocenters. The molecule has 2 atom stereocenters. The van der Waals surface area contributed by atoms with Gasteiger partial charge >= 0.3 is 0 Å². The summed E-state index contributed by atoms with van der Waals surface area (Å²) in [5.74, 6) is 1.36. The van der Waals surface area contributed by atoms with Gasteiger partial charge in [0.15, 0.2) is 0 Å². The van der Waals surface area contributed by atoms with Crippen molar-refractivity contribution < 1.29 is 4.39 Å². The van der Waals surface area contributed by atoms with E-state index in [4.69, 9.17) is 0 Å². The molecule has 0 saturated carbocycles. The molecule has 0 heterocycles. The summed E-state index contributed by atoms with van der Waals surface area (Å²) >= 11 is 0. The van der Waals surface area contributed by atoms with Gasteiger partial charge in [-0.2, -0.15) is 0 Å². The van der Waals surface area contributed by atoms with E-state index < -0.39 is 0 Å². The third-order valence-corrected chi connectivity index (χ3v) is 5.45. The Morgan fingerprint density at radius 3 is 2.52 bits per heavy atom. The van der Waals surface area contributed by atoms with Crippen LogP contribution < -0.4 is 0 Å². The highest BCUT2D eigenvalue weighted by Gasteiger charge is 2.27. The Kier molecular flexibility index (Phi) is 4.57. The number of halogens is 1.